The molecule has 0 atom stereocenters. The summed E-state index contributed by atoms with van der Waals surface area (Å²) in [6.07, 6.45) is 1.50. The molecule has 0 saturated carbocycles. The van der Waals surface area contributed by atoms with E-state index in [0.29, 0.717) is 20.2 Å². The van der Waals surface area contributed by atoms with Crippen LogP contribution in [0.25, 0.3) is 5.69 Å². The minimum absolute atomic E-state index is 0.0726. The molecular formula is C27H23BrCl2N4O3S. The second-order valence-corrected chi connectivity index (χ2v) is 11.9. The summed E-state index contributed by atoms with van der Waals surface area (Å²) >= 11 is 16.0. The lowest BCUT2D eigenvalue weighted by molar-refractivity contribution is -0.119. The maximum absolute atomic E-state index is 13.4. The maximum Gasteiger partial charge on any atom is 0.264 e. The van der Waals surface area contributed by atoms with E-state index in [1.807, 2.05) is 36.6 Å². The van der Waals surface area contributed by atoms with Gasteiger partial charge in [-0.3, -0.25) is 9.10 Å². The van der Waals surface area contributed by atoms with Crippen LogP contribution in [0, 0.1) is 13.8 Å². The number of sulfonamides is 1. The zero-order chi connectivity index (χ0) is 27.4. The Kier molecular flexibility index (Phi) is 8.62. The number of nitrogens with zero attached hydrogens (tertiary/aromatic N) is 3. The third-order valence-corrected chi connectivity index (χ3v) is 8.84. The van der Waals surface area contributed by atoms with Crippen LogP contribution < -0.4 is 9.73 Å². The van der Waals surface area contributed by atoms with E-state index in [1.54, 1.807) is 48.5 Å². The molecule has 0 aliphatic carbocycles. The van der Waals surface area contributed by atoms with Gasteiger partial charge in [-0.15, -0.1) is 0 Å². The summed E-state index contributed by atoms with van der Waals surface area (Å²) in [5.74, 6) is -0.604. The first kappa shape index (κ1) is 27.9. The average Bonchev–Trinajstić information content (AvgIpc) is 3.17. The summed E-state index contributed by atoms with van der Waals surface area (Å²) in [6.45, 7) is 3.35. The Morgan fingerprint density at radius 3 is 2.45 bits per heavy atom. The molecule has 4 aromatic rings. The molecule has 0 unspecified atom stereocenters. The Bertz CT molecular complexity index is 1620. The Hall–Kier alpha value is -3.11. The Balaban J connectivity index is 1.56. The van der Waals surface area contributed by atoms with Crippen molar-refractivity contribution in [3.63, 3.8) is 0 Å². The van der Waals surface area contributed by atoms with Crippen molar-refractivity contribution in [2.24, 2.45) is 5.10 Å². The number of hydrogen-bond acceptors (Lipinski definition) is 4. The van der Waals surface area contributed by atoms with Gasteiger partial charge in [-0.05, 0) is 62.4 Å². The summed E-state index contributed by atoms with van der Waals surface area (Å²) in [5.41, 5.74) is 6.00. The summed E-state index contributed by atoms with van der Waals surface area (Å²) < 4.78 is 30.5. The molecule has 3 aromatic carbocycles. The molecule has 196 valence electrons. The van der Waals surface area contributed by atoms with Crippen LogP contribution >= 0.6 is 39.1 Å². The fraction of sp³-hybridized carbons (Fsp3) is 0.111. The molecule has 7 nitrogen and oxygen atoms in total. The van der Waals surface area contributed by atoms with Crippen molar-refractivity contribution in [1.82, 2.24) is 9.99 Å². The Morgan fingerprint density at radius 2 is 1.74 bits per heavy atom. The highest BCUT2D eigenvalue weighted by Crippen LogP contribution is 2.31. The van der Waals surface area contributed by atoms with Crippen molar-refractivity contribution in [2.75, 3.05) is 10.8 Å². The van der Waals surface area contributed by atoms with Crippen LogP contribution in [0.3, 0.4) is 0 Å². The van der Waals surface area contributed by atoms with Crippen molar-refractivity contribution in [3.05, 3.63) is 110 Å². The monoisotopic (exact) mass is 632 g/mol. The number of benzene rings is 3. The van der Waals surface area contributed by atoms with Crippen molar-refractivity contribution >= 4 is 67.0 Å². The van der Waals surface area contributed by atoms with Gasteiger partial charge in [-0.2, -0.15) is 5.10 Å². The average molecular weight is 634 g/mol. The predicted molar refractivity (Wildman–Crippen MR) is 156 cm³/mol. The molecule has 0 radical (unpaired) electrons. The number of hydrazone groups is 1. The van der Waals surface area contributed by atoms with Crippen molar-refractivity contribution in [2.45, 2.75) is 18.7 Å². The van der Waals surface area contributed by atoms with Gasteiger partial charge in [-0.25, -0.2) is 13.8 Å². The van der Waals surface area contributed by atoms with Crippen LogP contribution in [0.1, 0.15) is 17.0 Å². The number of amides is 1. The highest BCUT2D eigenvalue weighted by molar-refractivity contribution is 9.10. The van der Waals surface area contributed by atoms with Crippen molar-refractivity contribution < 1.29 is 13.2 Å². The Morgan fingerprint density at radius 1 is 1.03 bits per heavy atom. The molecule has 11 heteroatoms. The molecule has 4 rings (SSSR count). The third kappa shape index (κ3) is 5.96. The predicted octanol–water partition coefficient (Wildman–Crippen LogP) is 6.51. The van der Waals surface area contributed by atoms with Gasteiger partial charge in [0.15, 0.2) is 0 Å². The number of nitrogens with one attached hydrogen (secondary N) is 1. The topological polar surface area (TPSA) is 83.8 Å². The normalized spacial score (nSPS) is 11.6. The van der Waals surface area contributed by atoms with Gasteiger partial charge in [0.05, 0.1) is 32.5 Å². The first-order chi connectivity index (χ1) is 18.1. The van der Waals surface area contributed by atoms with E-state index in [1.165, 1.54) is 18.3 Å². The first-order valence-electron chi connectivity index (χ1n) is 11.4. The number of anilines is 1. The lowest BCUT2D eigenvalue weighted by atomic mass is 10.2. The van der Waals surface area contributed by atoms with E-state index in [4.69, 9.17) is 23.2 Å². The lowest BCUT2D eigenvalue weighted by Gasteiger charge is -2.23. The second-order valence-electron chi connectivity index (χ2n) is 8.33. The van der Waals surface area contributed by atoms with Crippen molar-refractivity contribution in [3.8, 4) is 5.69 Å². The van der Waals surface area contributed by atoms with Gasteiger partial charge in [0.1, 0.15) is 6.54 Å². The molecule has 0 bridgehead atoms. The van der Waals surface area contributed by atoms with E-state index in [-0.39, 0.29) is 4.90 Å². The van der Waals surface area contributed by atoms with E-state index in [0.717, 1.165) is 26.9 Å². The summed E-state index contributed by atoms with van der Waals surface area (Å²) in [4.78, 5) is 12.9. The minimum Gasteiger partial charge on any atom is -0.316 e. The maximum atomic E-state index is 13.4. The quantitative estimate of drug-likeness (QED) is 0.177. The summed E-state index contributed by atoms with van der Waals surface area (Å²) in [6, 6.07) is 22.0. The number of halogens is 3. The van der Waals surface area contributed by atoms with Gasteiger partial charge in [0.25, 0.3) is 15.9 Å². The number of hydrogen-bond donors (Lipinski definition) is 1. The van der Waals surface area contributed by atoms with E-state index >= 15 is 0 Å². The number of rotatable bonds is 8. The standard InChI is InChI=1S/C27H23BrCl2N4O3S/c1-18-14-20(19(2)34(18)25-13-7-12-24(29)27(25)30)16-31-32-26(35)17-33(22-9-6-8-21(28)15-22)38(36,37)23-10-4-3-5-11-23/h3-16H,17H2,1-2H3,(H,32,35)/b31-16-. The molecular weight excluding hydrogens is 611 g/mol. The summed E-state index contributed by atoms with van der Waals surface area (Å²) in [7, 11) is -4.02. The first-order valence-corrected chi connectivity index (χ1v) is 14.4. The molecule has 0 aliphatic rings. The van der Waals surface area contributed by atoms with Gasteiger partial charge >= 0.3 is 0 Å². The zero-order valence-electron chi connectivity index (χ0n) is 20.4. The fourth-order valence-corrected chi connectivity index (χ4v) is 6.16. The molecule has 0 saturated heterocycles. The van der Waals surface area contributed by atoms with Crippen LogP contribution in [0.15, 0.2) is 93.3 Å². The van der Waals surface area contributed by atoms with E-state index < -0.39 is 22.5 Å². The van der Waals surface area contributed by atoms with Gasteiger partial charge in [0, 0.05) is 21.4 Å². The molecule has 0 aliphatic heterocycles. The van der Waals surface area contributed by atoms with Gasteiger partial charge in [0.2, 0.25) is 0 Å². The number of carbonyl (C=O) groups excluding carboxylic acids is 1. The molecule has 0 fully saturated rings. The molecule has 1 heterocycles. The zero-order valence-corrected chi connectivity index (χ0v) is 24.3. The largest absolute Gasteiger partial charge is 0.316 e. The molecule has 1 N–H and O–H groups in total. The highest BCUT2D eigenvalue weighted by atomic mass is 79.9. The lowest BCUT2D eigenvalue weighted by Crippen LogP contribution is -2.39. The van der Waals surface area contributed by atoms with Crippen LogP contribution in [0.4, 0.5) is 5.69 Å². The Labute approximate surface area is 239 Å². The molecule has 0 spiro atoms. The number of aryl methyl sites for hydroxylation is 1. The van der Waals surface area contributed by atoms with Crippen LogP contribution in [0.2, 0.25) is 10.0 Å². The van der Waals surface area contributed by atoms with Crippen LogP contribution in [0.5, 0.6) is 0 Å². The smallest absolute Gasteiger partial charge is 0.264 e. The number of aromatic nitrogens is 1. The van der Waals surface area contributed by atoms with E-state index in [9.17, 15) is 13.2 Å². The SMILES string of the molecule is Cc1cc(/C=N\NC(=O)CN(c2cccc(Br)c2)S(=O)(=O)c2ccccc2)c(C)n1-c1cccc(Cl)c1Cl. The molecule has 1 aromatic heterocycles. The van der Waals surface area contributed by atoms with Crippen LogP contribution in [-0.2, 0) is 14.8 Å². The van der Waals surface area contributed by atoms with Crippen LogP contribution in [-0.4, -0.2) is 31.7 Å². The fourth-order valence-electron chi connectivity index (χ4n) is 3.96. The van der Waals surface area contributed by atoms with E-state index in [2.05, 4.69) is 26.5 Å². The summed E-state index contributed by atoms with van der Waals surface area (Å²) in [5, 5.41) is 4.96. The molecule has 1 amide bonds. The van der Waals surface area contributed by atoms with Crippen molar-refractivity contribution in [1.29, 1.82) is 0 Å². The second kappa shape index (κ2) is 11.7. The highest BCUT2D eigenvalue weighted by Gasteiger charge is 2.27. The third-order valence-electron chi connectivity index (χ3n) is 5.75. The van der Waals surface area contributed by atoms with Gasteiger partial charge < -0.3 is 4.57 Å². The molecule has 38 heavy (non-hydrogen) atoms. The minimum atomic E-state index is -4.02. The van der Waals surface area contributed by atoms with Gasteiger partial charge in [-0.1, -0.05) is 69.5 Å². The number of carbonyl (C=O) groups is 1.